The molecule has 0 saturated heterocycles. The van der Waals surface area contributed by atoms with E-state index in [1.165, 1.54) is 0 Å². The van der Waals surface area contributed by atoms with Gasteiger partial charge in [0.15, 0.2) is 0 Å². The first-order chi connectivity index (χ1) is 9.00. The Morgan fingerprint density at radius 2 is 1.74 bits per heavy atom. The molecule has 0 amide bonds. The Labute approximate surface area is 112 Å². The molecule has 2 aromatic carbocycles. The molecule has 1 aliphatic heterocycles. The molecule has 0 saturated carbocycles. The van der Waals surface area contributed by atoms with Crippen LogP contribution in [0.3, 0.4) is 0 Å². The van der Waals surface area contributed by atoms with E-state index in [4.69, 9.17) is 4.52 Å². The van der Waals surface area contributed by atoms with Gasteiger partial charge in [0.05, 0.1) is 5.30 Å². The van der Waals surface area contributed by atoms with Crippen molar-refractivity contribution in [3.8, 4) is 16.9 Å². The third kappa shape index (κ3) is 1.90. The smallest absolute Gasteiger partial charge is 0.408 e. The fourth-order valence-electron chi connectivity index (χ4n) is 2.44. The second-order valence-corrected chi connectivity index (χ2v) is 6.71. The summed E-state index contributed by atoms with van der Waals surface area (Å²) in [6.07, 6.45) is 0. The van der Waals surface area contributed by atoms with Crippen molar-refractivity contribution in [2.75, 3.05) is 0 Å². The minimum atomic E-state index is -3.78. The zero-order valence-corrected chi connectivity index (χ0v) is 11.7. The highest BCUT2D eigenvalue weighted by Crippen LogP contribution is 2.53. The van der Waals surface area contributed by atoms with E-state index in [2.05, 4.69) is 0 Å². The van der Waals surface area contributed by atoms with Gasteiger partial charge in [-0.15, -0.1) is 0 Å². The monoisotopic (exact) mass is 274 g/mol. The van der Waals surface area contributed by atoms with Gasteiger partial charge in [0.25, 0.3) is 0 Å². The summed E-state index contributed by atoms with van der Waals surface area (Å²) in [6.45, 7) is 4.09. The SMILES string of the molecule is CC(C)c1cccc2c1OP(=O)(O)c1ccccc1-2. The normalized spacial score (nSPS) is 20.6. The van der Waals surface area contributed by atoms with E-state index < -0.39 is 7.60 Å². The lowest BCUT2D eigenvalue weighted by Gasteiger charge is -2.27. The molecule has 0 fully saturated rings. The summed E-state index contributed by atoms with van der Waals surface area (Å²) in [7, 11) is -3.78. The molecule has 1 N–H and O–H groups in total. The summed E-state index contributed by atoms with van der Waals surface area (Å²) < 4.78 is 17.8. The highest BCUT2D eigenvalue weighted by Gasteiger charge is 2.35. The average molecular weight is 274 g/mol. The van der Waals surface area contributed by atoms with Crippen LogP contribution in [0.1, 0.15) is 25.3 Å². The summed E-state index contributed by atoms with van der Waals surface area (Å²) in [5, 5.41) is 0.378. The van der Waals surface area contributed by atoms with Crippen molar-refractivity contribution in [1.29, 1.82) is 0 Å². The number of rotatable bonds is 1. The zero-order chi connectivity index (χ0) is 13.6. The fraction of sp³-hybridized carbons (Fsp3) is 0.200. The first-order valence-electron chi connectivity index (χ1n) is 6.26. The van der Waals surface area contributed by atoms with Gasteiger partial charge in [-0.25, -0.2) is 4.57 Å². The molecule has 19 heavy (non-hydrogen) atoms. The summed E-state index contributed by atoms with van der Waals surface area (Å²) in [4.78, 5) is 10.1. The molecule has 2 aromatic rings. The molecule has 0 spiro atoms. The Balaban J connectivity index is 2.35. The first kappa shape index (κ1) is 12.5. The molecule has 0 bridgehead atoms. The average Bonchev–Trinajstić information content (AvgIpc) is 2.38. The molecule has 3 nitrogen and oxygen atoms in total. The molecular formula is C15H15O3P. The summed E-state index contributed by atoms with van der Waals surface area (Å²) >= 11 is 0. The molecule has 1 aliphatic rings. The van der Waals surface area contributed by atoms with Gasteiger partial charge in [-0.2, -0.15) is 0 Å². The standard InChI is InChI=1S/C15H15O3P/c1-10(2)11-7-5-8-13-12-6-3-4-9-14(12)19(16,17)18-15(11)13/h3-10H,1-2H3,(H,16,17). The highest BCUT2D eigenvalue weighted by atomic mass is 31.2. The maximum absolute atomic E-state index is 12.3. The van der Waals surface area contributed by atoms with Crippen LogP contribution in [0.2, 0.25) is 0 Å². The van der Waals surface area contributed by atoms with Crippen molar-refractivity contribution >= 4 is 12.9 Å². The minimum absolute atomic E-state index is 0.236. The lowest BCUT2D eigenvalue weighted by atomic mass is 9.95. The first-order valence-corrected chi connectivity index (χ1v) is 7.84. The summed E-state index contributed by atoms with van der Waals surface area (Å²) in [5.41, 5.74) is 2.64. The summed E-state index contributed by atoms with van der Waals surface area (Å²) in [5.74, 6) is 0.780. The maximum atomic E-state index is 12.3. The van der Waals surface area contributed by atoms with Crippen LogP contribution in [0, 0.1) is 0 Å². The van der Waals surface area contributed by atoms with Crippen molar-refractivity contribution < 1.29 is 14.0 Å². The van der Waals surface area contributed by atoms with E-state index in [1.54, 1.807) is 12.1 Å². The molecule has 1 heterocycles. The van der Waals surface area contributed by atoms with E-state index >= 15 is 0 Å². The maximum Gasteiger partial charge on any atom is 0.408 e. The van der Waals surface area contributed by atoms with E-state index in [-0.39, 0.29) is 5.92 Å². The van der Waals surface area contributed by atoms with Crippen molar-refractivity contribution in [2.24, 2.45) is 0 Å². The van der Waals surface area contributed by atoms with Crippen LogP contribution in [-0.2, 0) is 4.57 Å². The quantitative estimate of drug-likeness (QED) is 0.807. The predicted octanol–water partition coefficient (Wildman–Crippen LogP) is 3.68. The van der Waals surface area contributed by atoms with Crippen LogP contribution in [0.25, 0.3) is 11.1 Å². The van der Waals surface area contributed by atoms with E-state index in [0.717, 1.165) is 16.7 Å². The van der Waals surface area contributed by atoms with E-state index in [0.29, 0.717) is 11.1 Å². The topological polar surface area (TPSA) is 46.5 Å². The minimum Gasteiger partial charge on any atom is -0.420 e. The van der Waals surface area contributed by atoms with Gasteiger partial charge in [0, 0.05) is 11.1 Å². The molecule has 4 heteroatoms. The summed E-state index contributed by atoms with van der Waals surface area (Å²) in [6, 6.07) is 13.0. The predicted molar refractivity (Wildman–Crippen MR) is 76.1 cm³/mol. The molecular weight excluding hydrogens is 259 g/mol. The van der Waals surface area contributed by atoms with Gasteiger partial charge in [-0.3, -0.25) is 0 Å². The number of benzene rings is 2. The third-order valence-corrected chi connectivity index (χ3v) is 4.81. The molecule has 1 unspecified atom stereocenters. The number of fused-ring (bicyclic) bond motifs is 3. The Kier molecular flexibility index (Phi) is 2.77. The lowest BCUT2D eigenvalue weighted by Crippen LogP contribution is -2.18. The molecule has 0 radical (unpaired) electrons. The van der Waals surface area contributed by atoms with Crippen LogP contribution in [0.5, 0.6) is 5.75 Å². The lowest BCUT2D eigenvalue weighted by molar-refractivity contribution is 0.390. The molecule has 3 rings (SSSR count). The Morgan fingerprint density at radius 3 is 2.47 bits per heavy atom. The van der Waals surface area contributed by atoms with Gasteiger partial charge in [0.1, 0.15) is 5.75 Å². The van der Waals surface area contributed by atoms with Gasteiger partial charge >= 0.3 is 7.60 Å². The van der Waals surface area contributed by atoms with Crippen molar-refractivity contribution in [3.05, 3.63) is 48.0 Å². The van der Waals surface area contributed by atoms with Crippen LogP contribution in [0.15, 0.2) is 42.5 Å². The van der Waals surface area contributed by atoms with Gasteiger partial charge in [-0.05, 0) is 17.5 Å². The van der Waals surface area contributed by atoms with E-state index in [9.17, 15) is 9.46 Å². The van der Waals surface area contributed by atoms with Gasteiger partial charge in [0.2, 0.25) is 0 Å². The zero-order valence-electron chi connectivity index (χ0n) is 10.8. The van der Waals surface area contributed by atoms with Crippen molar-refractivity contribution in [3.63, 3.8) is 0 Å². The molecule has 1 atom stereocenters. The molecule has 98 valence electrons. The number of hydrogen-bond acceptors (Lipinski definition) is 2. The Morgan fingerprint density at radius 1 is 1.05 bits per heavy atom. The van der Waals surface area contributed by atoms with E-state index in [1.807, 2.05) is 44.2 Å². The fourth-order valence-corrected chi connectivity index (χ4v) is 3.77. The van der Waals surface area contributed by atoms with Crippen LogP contribution >= 0.6 is 7.60 Å². The number of para-hydroxylation sites is 1. The molecule has 0 aliphatic carbocycles. The highest BCUT2D eigenvalue weighted by molar-refractivity contribution is 7.62. The van der Waals surface area contributed by atoms with Crippen LogP contribution < -0.4 is 9.83 Å². The second-order valence-electron chi connectivity index (χ2n) is 5.01. The largest absolute Gasteiger partial charge is 0.420 e. The van der Waals surface area contributed by atoms with Gasteiger partial charge in [-0.1, -0.05) is 50.2 Å². The van der Waals surface area contributed by atoms with Crippen molar-refractivity contribution in [1.82, 2.24) is 0 Å². The molecule has 0 aromatic heterocycles. The third-order valence-electron chi connectivity index (χ3n) is 3.38. The van der Waals surface area contributed by atoms with Gasteiger partial charge < -0.3 is 9.42 Å². The number of hydrogen-bond donors (Lipinski definition) is 1. The van der Waals surface area contributed by atoms with Crippen LogP contribution in [-0.4, -0.2) is 4.89 Å². The second kappa shape index (κ2) is 4.22. The Bertz CT molecular complexity index is 692. The Hall–Kier alpha value is -1.57. The van der Waals surface area contributed by atoms with Crippen LogP contribution in [0.4, 0.5) is 0 Å². The van der Waals surface area contributed by atoms with Crippen molar-refractivity contribution in [2.45, 2.75) is 19.8 Å².